The summed E-state index contributed by atoms with van der Waals surface area (Å²) in [4.78, 5) is 37.2. The number of anilines is 4. The summed E-state index contributed by atoms with van der Waals surface area (Å²) in [6.07, 6.45) is 6.15. The predicted molar refractivity (Wildman–Crippen MR) is 169 cm³/mol. The Labute approximate surface area is 250 Å². The lowest BCUT2D eigenvalue weighted by Crippen LogP contribution is -2.49. The average molecular weight is 599 g/mol. The molecular formula is C31H46N6O4S. The number of amides is 1. The Balaban J connectivity index is 0.00000198. The van der Waals surface area contributed by atoms with Crippen LogP contribution in [0, 0.1) is 5.92 Å². The smallest absolute Gasteiger partial charge is 0.238 e. The van der Waals surface area contributed by atoms with Crippen LogP contribution in [0.5, 0.6) is 0 Å². The van der Waals surface area contributed by atoms with Gasteiger partial charge in [0.05, 0.1) is 17.6 Å². The minimum Gasteiger partial charge on any atom is -0.368 e. The Hall–Kier alpha value is -3.02. The quantitative estimate of drug-likeness (QED) is 0.416. The maximum atomic E-state index is 13.7. The Morgan fingerprint density at radius 2 is 1.81 bits per heavy atom. The van der Waals surface area contributed by atoms with Gasteiger partial charge in [-0.05, 0) is 56.0 Å². The van der Waals surface area contributed by atoms with Crippen LogP contribution in [-0.4, -0.2) is 69.6 Å². The molecule has 42 heavy (non-hydrogen) atoms. The van der Waals surface area contributed by atoms with Crippen LogP contribution >= 0.6 is 0 Å². The number of primary sulfonamides is 1. The molecule has 0 spiro atoms. The summed E-state index contributed by atoms with van der Waals surface area (Å²) in [6.45, 7) is 11.5. The highest BCUT2D eigenvalue weighted by molar-refractivity contribution is 7.89. The number of hydrogen-bond donors (Lipinski definition) is 2. The van der Waals surface area contributed by atoms with E-state index >= 15 is 0 Å². The van der Waals surface area contributed by atoms with Gasteiger partial charge in [0.2, 0.25) is 15.9 Å². The van der Waals surface area contributed by atoms with Gasteiger partial charge in [-0.15, -0.1) is 0 Å². The first-order valence-electron chi connectivity index (χ1n) is 15.3. The van der Waals surface area contributed by atoms with Crippen molar-refractivity contribution in [3.05, 3.63) is 42.1 Å². The minimum absolute atomic E-state index is 0.0723. The molecular weight excluding hydrogens is 552 g/mol. The number of sulfonamides is 1. The van der Waals surface area contributed by atoms with Crippen LogP contribution < -0.4 is 25.2 Å². The fraction of sp³-hybridized carbons (Fsp3) is 0.581. The second kappa shape index (κ2) is 14.0. The Kier molecular flexibility index (Phi) is 10.6. The van der Waals surface area contributed by atoms with Crippen LogP contribution in [-0.2, 0) is 19.6 Å². The largest absolute Gasteiger partial charge is 0.368 e. The molecule has 2 aliphatic heterocycles. The van der Waals surface area contributed by atoms with Gasteiger partial charge >= 0.3 is 0 Å². The number of ketones is 1. The van der Waals surface area contributed by atoms with Gasteiger partial charge in [0, 0.05) is 56.1 Å². The molecule has 0 bridgehead atoms. The molecule has 1 amide bonds. The summed E-state index contributed by atoms with van der Waals surface area (Å²) in [5.41, 5.74) is 3.69. The van der Waals surface area contributed by atoms with Crippen LogP contribution in [0.15, 0.2) is 36.5 Å². The molecule has 2 aromatic rings. The second-order valence-electron chi connectivity index (χ2n) is 11.3. The van der Waals surface area contributed by atoms with Crippen molar-refractivity contribution in [3.63, 3.8) is 0 Å². The summed E-state index contributed by atoms with van der Waals surface area (Å²) < 4.78 is 23.4. The van der Waals surface area contributed by atoms with Crippen molar-refractivity contribution in [3.8, 4) is 0 Å². The number of carbonyl (C=O) groups is 2. The summed E-state index contributed by atoms with van der Waals surface area (Å²) >= 11 is 0. The molecule has 10 nitrogen and oxygen atoms in total. The van der Waals surface area contributed by atoms with Crippen molar-refractivity contribution in [2.24, 2.45) is 11.1 Å². The Morgan fingerprint density at radius 3 is 2.40 bits per heavy atom. The van der Waals surface area contributed by atoms with E-state index in [0.717, 1.165) is 74.5 Å². The highest BCUT2D eigenvalue weighted by Gasteiger charge is 2.44. The van der Waals surface area contributed by atoms with Gasteiger partial charge in [-0.25, -0.2) is 18.5 Å². The molecule has 1 aromatic carbocycles. The molecule has 2 unspecified atom stereocenters. The molecule has 3 aliphatic rings. The van der Waals surface area contributed by atoms with Crippen molar-refractivity contribution in [1.29, 1.82) is 0 Å². The molecule has 1 aliphatic carbocycles. The molecule has 1 saturated heterocycles. The first-order valence-corrected chi connectivity index (χ1v) is 17.0. The molecule has 2 atom stereocenters. The van der Waals surface area contributed by atoms with E-state index in [1.165, 1.54) is 6.92 Å². The lowest BCUT2D eigenvalue weighted by Gasteiger charge is -2.41. The summed E-state index contributed by atoms with van der Waals surface area (Å²) in [7, 11) is -3.61. The molecule has 3 N–H and O–H groups in total. The minimum atomic E-state index is -3.61. The Morgan fingerprint density at radius 1 is 1.12 bits per heavy atom. The number of nitrogens with one attached hydrogen (secondary N) is 1. The van der Waals surface area contributed by atoms with Gasteiger partial charge in [0.1, 0.15) is 17.5 Å². The third kappa shape index (κ3) is 7.12. The van der Waals surface area contributed by atoms with Crippen molar-refractivity contribution in [2.45, 2.75) is 71.8 Å². The molecule has 0 radical (unpaired) electrons. The molecule has 2 fully saturated rings. The highest BCUT2D eigenvalue weighted by Crippen LogP contribution is 2.45. The van der Waals surface area contributed by atoms with E-state index in [1.54, 1.807) is 0 Å². The van der Waals surface area contributed by atoms with Crippen molar-refractivity contribution in [1.82, 2.24) is 10.3 Å². The zero-order chi connectivity index (χ0) is 30.4. The van der Waals surface area contributed by atoms with Crippen LogP contribution in [0.1, 0.15) is 71.3 Å². The van der Waals surface area contributed by atoms with E-state index < -0.39 is 15.9 Å². The van der Waals surface area contributed by atoms with Crippen molar-refractivity contribution in [2.75, 3.05) is 53.2 Å². The van der Waals surface area contributed by atoms with E-state index in [1.807, 2.05) is 67.1 Å². The van der Waals surface area contributed by atoms with Gasteiger partial charge in [0.25, 0.3) is 0 Å². The highest BCUT2D eigenvalue weighted by atomic mass is 32.2. The topological polar surface area (TPSA) is 129 Å². The van der Waals surface area contributed by atoms with E-state index in [9.17, 15) is 18.0 Å². The number of carbonyl (C=O) groups excluding carboxylic acids is 2. The number of nitrogens with zero attached hydrogens (tertiary/aromatic N) is 4. The molecule has 5 rings (SSSR count). The number of piperazine rings is 1. The summed E-state index contributed by atoms with van der Waals surface area (Å²) in [5.74, 6) is -0.568. The van der Waals surface area contributed by atoms with Gasteiger partial charge in [-0.2, -0.15) is 0 Å². The van der Waals surface area contributed by atoms with Crippen molar-refractivity contribution >= 4 is 44.6 Å². The van der Waals surface area contributed by atoms with E-state index in [2.05, 4.69) is 10.2 Å². The Bertz CT molecular complexity index is 1340. The van der Waals surface area contributed by atoms with Crippen LogP contribution in [0.25, 0.3) is 0 Å². The number of aromatic nitrogens is 1. The number of nitrogens with two attached hydrogens (primary N) is 1. The van der Waals surface area contributed by atoms with Gasteiger partial charge in [-0.1, -0.05) is 39.7 Å². The summed E-state index contributed by atoms with van der Waals surface area (Å²) in [6, 6.07) is 10.1. The fourth-order valence-electron chi connectivity index (χ4n) is 6.47. The third-order valence-electron chi connectivity index (χ3n) is 8.51. The number of benzene rings is 1. The van der Waals surface area contributed by atoms with Gasteiger partial charge in [0.15, 0.2) is 0 Å². The number of Topliss-reactive ketones (excluding diaryl/α,β-unsaturated/α-hetero) is 1. The predicted octanol–water partition coefficient (Wildman–Crippen LogP) is 3.93. The van der Waals surface area contributed by atoms with Crippen molar-refractivity contribution < 1.29 is 18.0 Å². The molecule has 1 saturated carbocycles. The number of rotatable bonds is 9. The zero-order valence-corrected chi connectivity index (χ0v) is 26.2. The molecule has 1 aromatic heterocycles. The van der Waals surface area contributed by atoms with E-state index in [0.29, 0.717) is 18.8 Å². The van der Waals surface area contributed by atoms with Gasteiger partial charge in [-0.3, -0.25) is 9.59 Å². The molecule has 3 heterocycles. The zero-order valence-electron chi connectivity index (χ0n) is 25.4. The van der Waals surface area contributed by atoms with Gasteiger partial charge < -0.3 is 20.0 Å². The van der Waals surface area contributed by atoms with E-state index in [4.69, 9.17) is 10.1 Å². The van der Waals surface area contributed by atoms with E-state index in [-0.39, 0.29) is 29.4 Å². The van der Waals surface area contributed by atoms with Crippen LogP contribution in [0.2, 0.25) is 0 Å². The molecule has 230 valence electrons. The third-order valence-corrected chi connectivity index (χ3v) is 9.37. The first-order chi connectivity index (χ1) is 20.1. The van der Waals surface area contributed by atoms with Crippen LogP contribution in [0.3, 0.4) is 0 Å². The monoisotopic (exact) mass is 598 g/mol. The SMILES string of the molecule is CC.CC(=O)C1C(=O)N(C2CCCC2)c2cc(N(CCCS(N)(=O)=O)c3ccc(N4CCNCC4)cn3)ccc2C1C. The maximum absolute atomic E-state index is 13.7. The number of hydrogen-bond acceptors (Lipinski definition) is 8. The number of fused-ring (bicyclic) bond motifs is 1. The fourth-order valence-corrected chi connectivity index (χ4v) is 7.00. The second-order valence-corrected chi connectivity index (χ2v) is 13.0. The first kappa shape index (κ1) is 31.9. The average Bonchev–Trinajstić information content (AvgIpc) is 3.51. The molecule has 11 heteroatoms. The lowest BCUT2D eigenvalue weighted by atomic mass is 9.79. The number of pyridine rings is 1. The maximum Gasteiger partial charge on any atom is 0.238 e. The summed E-state index contributed by atoms with van der Waals surface area (Å²) in [5, 5.41) is 8.66. The van der Waals surface area contributed by atoms with Crippen LogP contribution in [0.4, 0.5) is 22.9 Å². The lowest BCUT2D eigenvalue weighted by molar-refractivity contribution is -0.132. The normalized spacial score (nSPS) is 21.0. The standard InChI is InChI=1S/C29H40N6O4S.C2H6/c1-20-25-10-8-23(18-26(25)35(22-6-3-4-7-22)29(37)28(20)21(2)36)34(14-5-17-40(30,38)39)27-11-9-24(19-32-27)33-15-12-31-13-16-33;1-2/h8-11,18-20,22,28,31H,3-7,12-17H2,1-2H3,(H2,30,38,39);1-2H3.